The summed E-state index contributed by atoms with van der Waals surface area (Å²) < 4.78 is 14.0. The Morgan fingerprint density at radius 3 is 1.48 bits per heavy atom. The molecule has 0 aliphatic rings. The molecule has 0 saturated carbocycles. The molecule has 6 nitrogen and oxygen atoms in total. The van der Waals surface area contributed by atoms with Gasteiger partial charge in [0.2, 0.25) is 0 Å². The van der Waals surface area contributed by atoms with E-state index in [-0.39, 0.29) is 0 Å². The summed E-state index contributed by atoms with van der Waals surface area (Å²) in [7, 11) is 0. The van der Waals surface area contributed by atoms with E-state index in [0.29, 0.717) is 13.2 Å². The molecule has 0 saturated heterocycles. The van der Waals surface area contributed by atoms with Crippen molar-refractivity contribution in [2.75, 3.05) is 13.2 Å². The third kappa shape index (κ3) is 5.98. The minimum absolute atomic E-state index is 0.675. The van der Waals surface area contributed by atoms with Crippen LogP contribution in [0.5, 0.6) is 11.5 Å². The predicted molar refractivity (Wildman–Crippen MR) is 138 cm³/mol. The number of aromatic nitrogens is 4. The van der Waals surface area contributed by atoms with Gasteiger partial charge in [-0.15, -0.1) is 0 Å². The zero-order valence-electron chi connectivity index (χ0n) is 18.8. The Kier molecular flexibility index (Phi) is 8.09. The molecular formula is C25H26Br2N4O2. The molecule has 172 valence electrons. The molecule has 0 radical (unpaired) electrons. The van der Waals surface area contributed by atoms with Gasteiger partial charge in [0, 0.05) is 31.1 Å². The maximum atomic E-state index is 6.04. The monoisotopic (exact) mass is 572 g/mol. The standard InChI is InChI=1S/C25H26Br2N4O2/c1-16-20-10-18(26)12-22(24(20)30-14-28-16)32-8-6-4-3-5-7-9-33-23-13-19(27)11-21-17(2)29-15-31-25(21)23/h10-15H,3-9H2,1-2H3. The fourth-order valence-electron chi connectivity index (χ4n) is 3.77. The van der Waals surface area contributed by atoms with Crippen molar-refractivity contribution in [2.45, 2.75) is 46.0 Å². The highest BCUT2D eigenvalue weighted by atomic mass is 79.9. The number of ether oxygens (including phenoxy) is 2. The zero-order valence-corrected chi connectivity index (χ0v) is 21.9. The van der Waals surface area contributed by atoms with Gasteiger partial charge in [-0.05, 0) is 51.0 Å². The lowest BCUT2D eigenvalue weighted by Gasteiger charge is -2.11. The third-order valence-electron chi connectivity index (χ3n) is 5.54. The molecule has 0 amide bonds. The molecule has 8 heteroatoms. The van der Waals surface area contributed by atoms with Crippen LogP contribution in [0.25, 0.3) is 21.8 Å². The van der Waals surface area contributed by atoms with Gasteiger partial charge in [-0.2, -0.15) is 0 Å². The van der Waals surface area contributed by atoms with Crippen LogP contribution in [0.15, 0.2) is 45.9 Å². The number of fused-ring (bicyclic) bond motifs is 2. The van der Waals surface area contributed by atoms with E-state index in [9.17, 15) is 0 Å². The number of nitrogens with zero attached hydrogens (tertiary/aromatic N) is 4. The lowest BCUT2D eigenvalue weighted by Crippen LogP contribution is -2.01. The number of hydrogen-bond acceptors (Lipinski definition) is 6. The number of halogens is 2. The van der Waals surface area contributed by atoms with Gasteiger partial charge in [0.15, 0.2) is 0 Å². The minimum atomic E-state index is 0.675. The number of rotatable bonds is 10. The van der Waals surface area contributed by atoms with E-state index in [0.717, 1.165) is 85.7 Å². The van der Waals surface area contributed by atoms with Gasteiger partial charge < -0.3 is 9.47 Å². The summed E-state index contributed by atoms with van der Waals surface area (Å²) >= 11 is 7.11. The summed E-state index contributed by atoms with van der Waals surface area (Å²) in [6, 6.07) is 8.02. The van der Waals surface area contributed by atoms with Crippen LogP contribution in [0.4, 0.5) is 0 Å². The molecule has 0 unspecified atom stereocenters. The summed E-state index contributed by atoms with van der Waals surface area (Å²) in [5.74, 6) is 1.61. The summed E-state index contributed by atoms with van der Waals surface area (Å²) in [4.78, 5) is 17.3. The third-order valence-corrected chi connectivity index (χ3v) is 6.45. The van der Waals surface area contributed by atoms with E-state index in [4.69, 9.17) is 9.47 Å². The van der Waals surface area contributed by atoms with Crippen LogP contribution in [-0.4, -0.2) is 33.1 Å². The smallest absolute Gasteiger partial charge is 0.146 e. The largest absolute Gasteiger partial charge is 0.491 e. The van der Waals surface area contributed by atoms with Crippen molar-refractivity contribution in [3.05, 3.63) is 57.3 Å². The van der Waals surface area contributed by atoms with Crippen molar-refractivity contribution in [1.82, 2.24) is 19.9 Å². The molecule has 4 aromatic rings. The van der Waals surface area contributed by atoms with Gasteiger partial charge in [0.05, 0.1) is 13.2 Å². The van der Waals surface area contributed by atoms with E-state index in [2.05, 4.69) is 51.8 Å². The zero-order chi connectivity index (χ0) is 23.2. The van der Waals surface area contributed by atoms with Gasteiger partial charge in [-0.3, -0.25) is 0 Å². The first-order chi connectivity index (χ1) is 16.0. The molecule has 0 aliphatic carbocycles. The number of benzene rings is 2. The quantitative estimate of drug-likeness (QED) is 0.188. The van der Waals surface area contributed by atoms with Crippen molar-refractivity contribution in [3.63, 3.8) is 0 Å². The Hall–Kier alpha value is -2.32. The van der Waals surface area contributed by atoms with E-state index in [1.807, 2.05) is 38.1 Å². The van der Waals surface area contributed by atoms with Gasteiger partial charge in [-0.25, -0.2) is 19.9 Å². The maximum absolute atomic E-state index is 6.04. The molecule has 2 aromatic heterocycles. The highest BCUT2D eigenvalue weighted by Crippen LogP contribution is 2.31. The topological polar surface area (TPSA) is 70.0 Å². The molecule has 0 aliphatic heterocycles. The van der Waals surface area contributed by atoms with Gasteiger partial charge in [0.1, 0.15) is 35.2 Å². The fourth-order valence-corrected chi connectivity index (χ4v) is 4.64. The average molecular weight is 574 g/mol. The Morgan fingerprint density at radius 2 is 1.03 bits per heavy atom. The number of aryl methyl sites for hydroxylation is 2. The first-order valence-electron chi connectivity index (χ1n) is 11.1. The van der Waals surface area contributed by atoms with Crippen molar-refractivity contribution in [3.8, 4) is 11.5 Å². The van der Waals surface area contributed by atoms with Crippen LogP contribution >= 0.6 is 31.9 Å². The van der Waals surface area contributed by atoms with E-state index >= 15 is 0 Å². The first kappa shape index (κ1) is 23.8. The minimum Gasteiger partial charge on any atom is -0.491 e. The van der Waals surface area contributed by atoms with Crippen LogP contribution in [0.3, 0.4) is 0 Å². The summed E-state index contributed by atoms with van der Waals surface area (Å²) in [5.41, 5.74) is 3.63. The second kappa shape index (κ2) is 11.2. The van der Waals surface area contributed by atoms with Gasteiger partial charge in [-0.1, -0.05) is 51.1 Å². The van der Waals surface area contributed by atoms with Crippen molar-refractivity contribution in [1.29, 1.82) is 0 Å². The van der Waals surface area contributed by atoms with Crippen molar-refractivity contribution < 1.29 is 9.47 Å². The van der Waals surface area contributed by atoms with Gasteiger partial charge >= 0.3 is 0 Å². The van der Waals surface area contributed by atoms with E-state index in [1.165, 1.54) is 0 Å². The Bertz CT molecular complexity index is 1170. The summed E-state index contributed by atoms with van der Waals surface area (Å²) in [6.45, 7) is 5.32. The first-order valence-corrected chi connectivity index (χ1v) is 12.7. The number of hydrogen-bond donors (Lipinski definition) is 0. The van der Waals surface area contributed by atoms with Crippen LogP contribution < -0.4 is 9.47 Å². The van der Waals surface area contributed by atoms with Gasteiger partial charge in [0.25, 0.3) is 0 Å². The molecule has 0 spiro atoms. The number of unbranched alkanes of at least 4 members (excludes halogenated alkanes) is 4. The Balaban J connectivity index is 1.18. The normalized spacial score (nSPS) is 11.3. The molecular weight excluding hydrogens is 548 g/mol. The van der Waals surface area contributed by atoms with Crippen molar-refractivity contribution in [2.24, 2.45) is 0 Å². The molecule has 0 fully saturated rings. The molecule has 0 N–H and O–H groups in total. The highest BCUT2D eigenvalue weighted by Gasteiger charge is 2.10. The lowest BCUT2D eigenvalue weighted by molar-refractivity contribution is 0.296. The SMILES string of the molecule is Cc1ncnc2c(OCCCCCCCOc3cc(Br)cc4c(C)ncnc34)cc(Br)cc12. The molecule has 0 bridgehead atoms. The molecule has 4 rings (SSSR count). The van der Waals surface area contributed by atoms with Crippen LogP contribution in [0, 0.1) is 13.8 Å². The lowest BCUT2D eigenvalue weighted by atomic mass is 10.1. The predicted octanol–water partition coefficient (Wildman–Crippen LogP) is 7.12. The van der Waals surface area contributed by atoms with Crippen molar-refractivity contribution >= 4 is 53.7 Å². The second-order valence-electron chi connectivity index (χ2n) is 7.98. The summed E-state index contributed by atoms with van der Waals surface area (Å²) in [5, 5.41) is 2.03. The average Bonchev–Trinajstić information content (AvgIpc) is 2.79. The molecule has 2 aromatic carbocycles. The molecule has 2 heterocycles. The fraction of sp³-hybridized carbons (Fsp3) is 0.360. The Labute approximate surface area is 210 Å². The van der Waals surface area contributed by atoms with Crippen LogP contribution in [0.2, 0.25) is 0 Å². The van der Waals surface area contributed by atoms with Crippen LogP contribution in [-0.2, 0) is 0 Å². The Morgan fingerprint density at radius 1 is 0.606 bits per heavy atom. The molecule has 0 atom stereocenters. The summed E-state index contributed by atoms with van der Waals surface area (Å²) in [6.07, 6.45) is 8.57. The van der Waals surface area contributed by atoms with E-state index in [1.54, 1.807) is 12.7 Å². The second-order valence-corrected chi connectivity index (χ2v) is 9.81. The molecule has 33 heavy (non-hydrogen) atoms. The maximum Gasteiger partial charge on any atom is 0.146 e. The highest BCUT2D eigenvalue weighted by molar-refractivity contribution is 9.10. The van der Waals surface area contributed by atoms with Crippen LogP contribution in [0.1, 0.15) is 43.5 Å². The van der Waals surface area contributed by atoms with E-state index < -0.39 is 0 Å².